The molecule has 0 spiro atoms. The van der Waals surface area contributed by atoms with Gasteiger partial charge in [-0.15, -0.1) is 0 Å². The number of nitrogens with one attached hydrogen (secondary N) is 2. The first kappa shape index (κ1) is 19.0. The Morgan fingerprint density at radius 1 is 1.07 bits per heavy atom. The Bertz CT molecular complexity index is 750. The first-order valence-electron chi connectivity index (χ1n) is 8.99. The van der Waals surface area contributed by atoms with Crippen molar-refractivity contribution < 1.29 is 28.3 Å². The van der Waals surface area contributed by atoms with Gasteiger partial charge in [0.05, 0.1) is 11.5 Å². The van der Waals surface area contributed by atoms with Crippen molar-refractivity contribution in [3.8, 4) is 0 Å². The highest BCUT2D eigenvalue weighted by Gasteiger charge is 2.41. The third-order valence-corrected chi connectivity index (χ3v) is 5.16. The number of esters is 1. The molecule has 144 valence electrons. The monoisotopic (exact) mass is 376 g/mol. The Morgan fingerprint density at radius 3 is 2.41 bits per heavy atom. The van der Waals surface area contributed by atoms with Crippen molar-refractivity contribution in [2.24, 2.45) is 17.8 Å². The number of hydrazine groups is 1. The van der Waals surface area contributed by atoms with Crippen molar-refractivity contribution in [1.82, 2.24) is 10.9 Å². The van der Waals surface area contributed by atoms with Gasteiger partial charge >= 0.3 is 5.97 Å². The number of ketones is 1. The quantitative estimate of drug-likeness (QED) is 0.613. The number of hydrogen-bond acceptors (Lipinski definition) is 5. The molecule has 2 atom stereocenters. The standard InChI is InChI=1S/C19H21FN2O5/c20-15-7-2-1-6-14(15)18(25)22-21-16(23)10-27-19(26)13-8-11-4-3-5-12(9-13)17(11)24/h1-2,6-7,11-13H,3-5,8-10H2,(H,21,23)(H,22,25)/t11-,12-/m1/s1. The molecule has 1 aromatic rings. The van der Waals surface area contributed by atoms with Crippen LogP contribution in [0.5, 0.6) is 0 Å². The number of rotatable bonds is 4. The molecule has 0 aromatic heterocycles. The minimum absolute atomic E-state index is 0.0797. The number of benzene rings is 1. The van der Waals surface area contributed by atoms with Crippen LogP contribution >= 0.6 is 0 Å². The van der Waals surface area contributed by atoms with Crippen molar-refractivity contribution in [3.63, 3.8) is 0 Å². The van der Waals surface area contributed by atoms with Crippen molar-refractivity contribution in [1.29, 1.82) is 0 Å². The molecular formula is C19H21FN2O5. The van der Waals surface area contributed by atoms with Gasteiger partial charge in [-0.05, 0) is 37.8 Å². The van der Waals surface area contributed by atoms with Crippen LogP contribution in [0.1, 0.15) is 42.5 Å². The molecular weight excluding hydrogens is 355 g/mol. The summed E-state index contributed by atoms with van der Waals surface area (Å²) < 4.78 is 18.5. The average molecular weight is 376 g/mol. The molecule has 2 fully saturated rings. The van der Waals surface area contributed by atoms with E-state index in [1.165, 1.54) is 18.2 Å². The van der Waals surface area contributed by atoms with E-state index in [2.05, 4.69) is 10.9 Å². The summed E-state index contributed by atoms with van der Waals surface area (Å²) in [6, 6.07) is 5.34. The molecule has 0 aliphatic heterocycles. The maximum Gasteiger partial charge on any atom is 0.309 e. The lowest BCUT2D eigenvalue weighted by Gasteiger charge is -2.36. The zero-order valence-electron chi connectivity index (χ0n) is 14.7. The van der Waals surface area contributed by atoms with Gasteiger partial charge in [0.15, 0.2) is 6.61 Å². The number of carbonyl (C=O) groups is 4. The Balaban J connectivity index is 1.43. The zero-order valence-corrected chi connectivity index (χ0v) is 14.7. The van der Waals surface area contributed by atoms with Gasteiger partial charge in [-0.3, -0.25) is 30.0 Å². The zero-order chi connectivity index (χ0) is 19.4. The van der Waals surface area contributed by atoms with E-state index in [4.69, 9.17) is 4.74 Å². The number of halogens is 1. The second-order valence-corrected chi connectivity index (χ2v) is 6.99. The first-order chi connectivity index (χ1) is 13.0. The molecule has 0 saturated heterocycles. The SMILES string of the molecule is O=C(COC(=O)C1C[C@H]2CCC[C@H](C1)C2=O)NNC(=O)c1ccccc1F. The Hall–Kier alpha value is -2.77. The minimum Gasteiger partial charge on any atom is -0.455 e. The lowest BCUT2D eigenvalue weighted by atomic mass is 9.67. The topological polar surface area (TPSA) is 102 Å². The van der Waals surface area contributed by atoms with Crippen LogP contribution in [0.3, 0.4) is 0 Å². The molecule has 0 unspecified atom stereocenters. The summed E-state index contributed by atoms with van der Waals surface area (Å²) in [7, 11) is 0. The molecule has 2 saturated carbocycles. The summed E-state index contributed by atoms with van der Waals surface area (Å²) in [6.45, 7) is -0.559. The molecule has 2 aliphatic rings. The van der Waals surface area contributed by atoms with Crippen LogP contribution < -0.4 is 10.9 Å². The van der Waals surface area contributed by atoms with Gasteiger partial charge in [0.25, 0.3) is 11.8 Å². The highest BCUT2D eigenvalue weighted by molar-refractivity contribution is 5.95. The summed E-state index contributed by atoms with van der Waals surface area (Å²) in [5.74, 6) is -3.06. The van der Waals surface area contributed by atoms with Crippen molar-refractivity contribution in [2.45, 2.75) is 32.1 Å². The molecule has 8 heteroatoms. The molecule has 7 nitrogen and oxygen atoms in total. The van der Waals surface area contributed by atoms with Crippen molar-refractivity contribution in [3.05, 3.63) is 35.6 Å². The van der Waals surface area contributed by atoms with Gasteiger partial charge in [-0.1, -0.05) is 18.6 Å². The van der Waals surface area contributed by atoms with Crippen LogP contribution in [0.15, 0.2) is 24.3 Å². The van der Waals surface area contributed by atoms with E-state index in [-0.39, 0.29) is 29.1 Å². The summed E-state index contributed by atoms with van der Waals surface area (Å²) in [5.41, 5.74) is 3.93. The minimum atomic E-state index is -0.814. The van der Waals surface area contributed by atoms with Crippen LogP contribution in [0, 0.1) is 23.6 Å². The molecule has 1 aromatic carbocycles. The second-order valence-electron chi connectivity index (χ2n) is 6.99. The van der Waals surface area contributed by atoms with E-state index >= 15 is 0 Å². The number of fused-ring (bicyclic) bond motifs is 2. The van der Waals surface area contributed by atoms with Crippen LogP contribution in [-0.2, 0) is 19.1 Å². The van der Waals surface area contributed by atoms with E-state index in [1.54, 1.807) is 0 Å². The Labute approximate surface area is 155 Å². The molecule has 27 heavy (non-hydrogen) atoms. The van der Waals surface area contributed by atoms with E-state index in [1.807, 2.05) is 0 Å². The first-order valence-corrected chi connectivity index (χ1v) is 8.99. The fourth-order valence-corrected chi connectivity index (χ4v) is 3.80. The van der Waals surface area contributed by atoms with E-state index in [0.29, 0.717) is 12.8 Å². The normalized spacial score (nSPS) is 24.0. The van der Waals surface area contributed by atoms with Crippen LogP contribution in [-0.4, -0.2) is 30.2 Å². The van der Waals surface area contributed by atoms with Crippen LogP contribution in [0.25, 0.3) is 0 Å². The van der Waals surface area contributed by atoms with E-state index < -0.39 is 30.2 Å². The molecule has 0 radical (unpaired) electrons. The number of hydrogen-bond donors (Lipinski definition) is 2. The van der Waals surface area contributed by atoms with Gasteiger partial charge in [-0.25, -0.2) is 4.39 Å². The summed E-state index contributed by atoms with van der Waals surface area (Å²) in [5, 5.41) is 0. The maximum atomic E-state index is 13.5. The third-order valence-electron chi connectivity index (χ3n) is 5.16. The fraction of sp³-hybridized carbons (Fsp3) is 0.474. The predicted molar refractivity (Wildman–Crippen MR) is 91.5 cm³/mol. The van der Waals surface area contributed by atoms with Crippen molar-refractivity contribution in [2.75, 3.05) is 6.61 Å². The van der Waals surface area contributed by atoms with Crippen LogP contribution in [0.4, 0.5) is 4.39 Å². The summed E-state index contributed by atoms with van der Waals surface area (Å²) in [4.78, 5) is 47.8. The number of carbonyl (C=O) groups excluding carboxylic acids is 4. The fourth-order valence-electron chi connectivity index (χ4n) is 3.80. The summed E-state index contributed by atoms with van der Waals surface area (Å²) >= 11 is 0. The highest BCUT2D eigenvalue weighted by atomic mass is 19.1. The van der Waals surface area contributed by atoms with Gasteiger partial charge < -0.3 is 4.74 Å². The van der Waals surface area contributed by atoms with Crippen LogP contribution in [0.2, 0.25) is 0 Å². The van der Waals surface area contributed by atoms with Gasteiger partial charge in [0.2, 0.25) is 0 Å². The van der Waals surface area contributed by atoms with Gasteiger partial charge in [0.1, 0.15) is 11.6 Å². The van der Waals surface area contributed by atoms with Crippen molar-refractivity contribution >= 4 is 23.6 Å². The van der Waals surface area contributed by atoms with Gasteiger partial charge in [-0.2, -0.15) is 0 Å². The molecule has 2 bridgehead atoms. The lowest BCUT2D eigenvalue weighted by Crippen LogP contribution is -2.44. The lowest BCUT2D eigenvalue weighted by molar-refractivity contribution is -0.156. The van der Waals surface area contributed by atoms with E-state index in [0.717, 1.165) is 25.3 Å². The summed E-state index contributed by atoms with van der Waals surface area (Å²) in [6.07, 6.45) is 3.57. The average Bonchev–Trinajstić information content (AvgIpc) is 2.64. The van der Waals surface area contributed by atoms with E-state index in [9.17, 15) is 23.6 Å². The molecule has 2 N–H and O–H groups in total. The Kier molecular flexibility index (Phi) is 5.83. The van der Waals surface area contributed by atoms with Gasteiger partial charge in [0, 0.05) is 11.8 Å². The number of Topliss-reactive ketones (excluding diaryl/α,β-unsaturated/α-hetero) is 1. The smallest absolute Gasteiger partial charge is 0.309 e. The molecule has 0 heterocycles. The third kappa shape index (κ3) is 4.50. The second kappa shape index (κ2) is 8.28. The molecule has 2 amide bonds. The largest absolute Gasteiger partial charge is 0.455 e. The highest BCUT2D eigenvalue weighted by Crippen LogP contribution is 2.40. The Morgan fingerprint density at radius 2 is 1.74 bits per heavy atom. The number of amides is 2. The maximum absolute atomic E-state index is 13.5. The predicted octanol–water partition coefficient (Wildman–Crippen LogP) is 1.53. The molecule has 2 aliphatic carbocycles. The number of ether oxygens (including phenoxy) is 1. The molecule has 3 rings (SSSR count).